The Kier molecular flexibility index (Phi) is 4.18. The van der Waals surface area contributed by atoms with E-state index < -0.39 is 5.97 Å². The Morgan fingerprint density at radius 2 is 2.13 bits per heavy atom. The molecule has 0 unspecified atom stereocenters. The normalized spacial score (nSPS) is 10.3. The van der Waals surface area contributed by atoms with Crippen molar-refractivity contribution in [2.24, 2.45) is 0 Å². The molecule has 3 nitrogen and oxygen atoms in total. The first-order chi connectivity index (χ1) is 7.17. The molecule has 1 rings (SSSR count). The third-order valence-electron chi connectivity index (χ3n) is 1.80. The van der Waals surface area contributed by atoms with Gasteiger partial charge < -0.3 is 9.47 Å². The molecule has 1 aromatic rings. The molecule has 0 bridgehead atoms. The molecule has 0 radical (unpaired) electrons. The van der Waals surface area contributed by atoms with Crippen LogP contribution in [0.3, 0.4) is 0 Å². The third-order valence-corrected chi connectivity index (χ3v) is 2.15. The molecule has 80 valence electrons. The monoisotopic (exact) mass is 226 g/mol. The van der Waals surface area contributed by atoms with Crippen LogP contribution in [0.1, 0.15) is 5.56 Å². The van der Waals surface area contributed by atoms with Crippen LogP contribution in [0.4, 0.5) is 0 Å². The zero-order valence-electron chi connectivity index (χ0n) is 8.49. The molecule has 15 heavy (non-hydrogen) atoms. The number of esters is 1. The molecule has 0 N–H and O–H groups in total. The number of ether oxygens (including phenoxy) is 2. The lowest BCUT2D eigenvalue weighted by atomic mass is 10.2. The fraction of sp³-hybridized carbons (Fsp3) is 0.182. The average molecular weight is 227 g/mol. The van der Waals surface area contributed by atoms with Gasteiger partial charge in [0.2, 0.25) is 0 Å². The van der Waals surface area contributed by atoms with Crippen LogP contribution in [0, 0.1) is 0 Å². The van der Waals surface area contributed by atoms with Gasteiger partial charge in [-0.2, -0.15) is 0 Å². The van der Waals surface area contributed by atoms with Crippen molar-refractivity contribution in [1.82, 2.24) is 0 Å². The van der Waals surface area contributed by atoms with Crippen LogP contribution in [0.2, 0.25) is 5.02 Å². The summed E-state index contributed by atoms with van der Waals surface area (Å²) in [5.41, 5.74) is 0.710. The molecule has 0 fully saturated rings. The summed E-state index contributed by atoms with van der Waals surface area (Å²) in [6, 6.07) is 5.19. The van der Waals surface area contributed by atoms with Crippen molar-refractivity contribution in [1.29, 1.82) is 0 Å². The number of hydrogen-bond acceptors (Lipinski definition) is 3. The standard InChI is InChI=1S/C11H11ClO3/c1-14-9-4-5-10(12)8(7-9)3-6-11(13)15-2/h3-7H,1-2H3. The molecule has 0 spiro atoms. The summed E-state index contributed by atoms with van der Waals surface area (Å²) in [5, 5.41) is 0.552. The van der Waals surface area contributed by atoms with Gasteiger partial charge in [-0.1, -0.05) is 11.6 Å². The summed E-state index contributed by atoms with van der Waals surface area (Å²) < 4.78 is 9.50. The van der Waals surface area contributed by atoms with Crippen molar-refractivity contribution in [2.45, 2.75) is 0 Å². The molecule has 0 aromatic heterocycles. The highest BCUT2D eigenvalue weighted by atomic mass is 35.5. The number of carbonyl (C=O) groups is 1. The number of rotatable bonds is 3. The number of hydrogen-bond donors (Lipinski definition) is 0. The van der Waals surface area contributed by atoms with Crippen LogP contribution >= 0.6 is 11.6 Å². The minimum atomic E-state index is -0.422. The van der Waals surface area contributed by atoms with Gasteiger partial charge in [0.1, 0.15) is 5.75 Å². The molecule has 0 saturated carbocycles. The van der Waals surface area contributed by atoms with Crippen molar-refractivity contribution in [3.63, 3.8) is 0 Å². The maximum Gasteiger partial charge on any atom is 0.330 e. The van der Waals surface area contributed by atoms with Gasteiger partial charge in [0.15, 0.2) is 0 Å². The predicted octanol–water partition coefficient (Wildman–Crippen LogP) is 2.53. The van der Waals surface area contributed by atoms with E-state index in [1.807, 2.05) is 0 Å². The average Bonchev–Trinajstić information content (AvgIpc) is 2.27. The van der Waals surface area contributed by atoms with E-state index in [0.717, 1.165) is 0 Å². The van der Waals surface area contributed by atoms with Crippen molar-refractivity contribution < 1.29 is 14.3 Å². The van der Waals surface area contributed by atoms with E-state index in [-0.39, 0.29) is 0 Å². The summed E-state index contributed by atoms with van der Waals surface area (Å²) in [6.45, 7) is 0. The van der Waals surface area contributed by atoms with Gasteiger partial charge in [0, 0.05) is 11.1 Å². The van der Waals surface area contributed by atoms with Crippen molar-refractivity contribution in [3.05, 3.63) is 34.9 Å². The fourth-order valence-corrected chi connectivity index (χ4v) is 1.18. The summed E-state index contributed by atoms with van der Waals surface area (Å²) in [5.74, 6) is 0.262. The molecule has 0 heterocycles. The van der Waals surface area contributed by atoms with E-state index >= 15 is 0 Å². The van der Waals surface area contributed by atoms with Gasteiger partial charge in [-0.3, -0.25) is 0 Å². The second-order valence-corrected chi connectivity index (χ2v) is 3.15. The lowest BCUT2D eigenvalue weighted by molar-refractivity contribution is -0.134. The molecular formula is C11H11ClO3. The minimum absolute atomic E-state index is 0.422. The Morgan fingerprint density at radius 1 is 1.40 bits per heavy atom. The molecule has 0 saturated heterocycles. The van der Waals surface area contributed by atoms with E-state index in [0.29, 0.717) is 16.3 Å². The van der Waals surface area contributed by atoms with Crippen LogP contribution < -0.4 is 4.74 Å². The summed E-state index contributed by atoms with van der Waals surface area (Å²) >= 11 is 5.92. The fourth-order valence-electron chi connectivity index (χ4n) is 1.00. The highest BCUT2D eigenvalue weighted by molar-refractivity contribution is 6.32. The van der Waals surface area contributed by atoms with Crippen LogP contribution in [-0.4, -0.2) is 20.2 Å². The van der Waals surface area contributed by atoms with E-state index in [9.17, 15) is 4.79 Å². The van der Waals surface area contributed by atoms with Crippen LogP contribution in [0.15, 0.2) is 24.3 Å². The van der Waals surface area contributed by atoms with Gasteiger partial charge >= 0.3 is 5.97 Å². The third kappa shape index (κ3) is 3.29. The van der Waals surface area contributed by atoms with Crippen molar-refractivity contribution in [2.75, 3.05) is 14.2 Å². The Hall–Kier alpha value is -1.48. The topological polar surface area (TPSA) is 35.5 Å². The zero-order chi connectivity index (χ0) is 11.3. The Balaban J connectivity index is 2.93. The van der Waals surface area contributed by atoms with E-state index in [4.69, 9.17) is 16.3 Å². The van der Waals surface area contributed by atoms with Gasteiger partial charge in [-0.25, -0.2) is 4.79 Å². The number of methoxy groups -OCH3 is 2. The molecule has 0 aliphatic heterocycles. The second kappa shape index (κ2) is 5.41. The molecular weight excluding hydrogens is 216 g/mol. The van der Waals surface area contributed by atoms with E-state index in [1.54, 1.807) is 31.4 Å². The Labute approximate surface area is 93.3 Å². The minimum Gasteiger partial charge on any atom is -0.497 e. The lowest BCUT2D eigenvalue weighted by Crippen LogP contribution is -1.93. The van der Waals surface area contributed by atoms with Crippen molar-refractivity contribution in [3.8, 4) is 5.75 Å². The molecule has 0 atom stereocenters. The van der Waals surface area contributed by atoms with Gasteiger partial charge in [-0.15, -0.1) is 0 Å². The number of halogens is 1. The van der Waals surface area contributed by atoms with Crippen LogP contribution in [-0.2, 0) is 9.53 Å². The number of carbonyl (C=O) groups excluding carboxylic acids is 1. The zero-order valence-corrected chi connectivity index (χ0v) is 9.25. The lowest BCUT2D eigenvalue weighted by Gasteiger charge is -2.02. The maximum absolute atomic E-state index is 10.9. The first-order valence-electron chi connectivity index (χ1n) is 4.27. The molecule has 0 amide bonds. The second-order valence-electron chi connectivity index (χ2n) is 2.74. The van der Waals surface area contributed by atoms with Crippen molar-refractivity contribution >= 4 is 23.6 Å². The molecule has 0 aliphatic carbocycles. The van der Waals surface area contributed by atoms with Gasteiger partial charge in [0.05, 0.1) is 14.2 Å². The molecule has 4 heteroatoms. The molecule has 0 aliphatic rings. The summed E-state index contributed by atoms with van der Waals surface area (Å²) in [7, 11) is 2.89. The first kappa shape index (κ1) is 11.6. The SMILES string of the molecule is COC(=O)C=Cc1cc(OC)ccc1Cl. The van der Waals surface area contributed by atoms with E-state index in [1.165, 1.54) is 13.2 Å². The highest BCUT2D eigenvalue weighted by Crippen LogP contribution is 2.22. The summed E-state index contributed by atoms with van der Waals surface area (Å²) in [4.78, 5) is 10.9. The Morgan fingerprint density at radius 3 is 2.73 bits per heavy atom. The summed E-state index contributed by atoms with van der Waals surface area (Å²) in [6.07, 6.45) is 2.89. The number of benzene rings is 1. The largest absolute Gasteiger partial charge is 0.497 e. The first-order valence-corrected chi connectivity index (χ1v) is 4.64. The Bertz CT molecular complexity index is 385. The predicted molar refractivity (Wildman–Crippen MR) is 59.1 cm³/mol. The quantitative estimate of drug-likeness (QED) is 0.587. The maximum atomic E-state index is 10.9. The van der Waals surface area contributed by atoms with Gasteiger partial charge in [0.25, 0.3) is 0 Å². The van der Waals surface area contributed by atoms with E-state index in [2.05, 4.69) is 4.74 Å². The molecule has 1 aromatic carbocycles. The van der Waals surface area contributed by atoms with Gasteiger partial charge in [-0.05, 0) is 29.8 Å². The van der Waals surface area contributed by atoms with Crippen LogP contribution in [0.5, 0.6) is 5.75 Å². The smallest absolute Gasteiger partial charge is 0.330 e. The van der Waals surface area contributed by atoms with Crippen LogP contribution in [0.25, 0.3) is 6.08 Å². The highest BCUT2D eigenvalue weighted by Gasteiger charge is 2.00.